The second-order valence-electron chi connectivity index (χ2n) is 3.78. The van der Waals surface area contributed by atoms with E-state index in [0.717, 1.165) is 18.5 Å². The summed E-state index contributed by atoms with van der Waals surface area (Å²) in [6.45, 7) is 4.13. The lowest BCUT2D eigenvalue weighted by molar-refractivity contribution is 0.202. The number of anilines is 1. The molecule has 0 amide bonds. The topological polar surface area (TPSA) is 32.3 Å². The normalized spacial score (nSPS) is 11.5. The molecular formula is C12H18FNO. The molecule has 3 heteroatoms. The third kappa shape index (κ3) is 2.93. The Hall–Kier alpha value is -1.09. The van der Waals surface area contributed by atoms with Gasteiger partial charge < -0.3 is 10.4 Å². The van der Waals surface area contributed by atoms with Gasteiger partial charge in [-0.3, -0.25) is 0 Å². The fourth-order valence-electron chi connectivity index (χ4n) is 1.53. The van der Waals surface area contributed by atoms with Crippen LogP contribution in [0.3, 0.4) is 0 Å². The Morgan fingerprint density at radius 3 is 2.13 bits per heavy atom. The Balaban J connectivity index is 2.78. The highest BCUT2D eigenvalue weighted by molar-refractivity contribution is 5.45. The molecule has 0 bridgehead atoms. The van der Waals surface area contributed by atoms with Gasteiger partial charge in [0, 0.05) is 5.69 Å². The highest BCUT2D eigenvalue weighted by Crippen LogP contribution is 2.21. The first-order valence-electron chi connectivity index (χ1n) is 5.30. The van der Waals surface area contributed by atoms with Crippen molar-refractivity contribution < 1.29 is 9.50 Å². The maximum absolute atomic E-state index is 12.7. The molecule has 0 atom stereocenters. The molecule has 0 unspecified atom stereocenters. The molecule has 84 valence electrons. The van der Waals surface area contributed by atoms with Gasteiger partial charge in [-0.2, -0.15) is 0 Å². The lowest BCUT2D eigenvalue weighted by Gasteiger charge is -2.31. The van der Waals surface area contributed by atoms with Crippen molar-refractivity contribution in [3.8, 4) is 0 Å². The monoisotopic (exact) mass is 211 g/mol. The number of hydrogen-bond donors (Lipinski definition) is 2. The molecule has 0 saturated carbocycles. The van der Waals surface area contributed by atoms with E-state index in [4.69, 9.17) is 0 Å². The van der Waals surface area contributed by atoms with E-state index >= 15 is 0 Å². The van der Waals surface area contributed by atoms with Gasteiger partial charge in [0.05, 0.1) is 12.1 Å². The molecule has 0 heterocycles. The quantitative estimate of drug-likeness (QED) is 0.785. The van der Waals surface area contributed by atoms with E-state index in [2.05, 4.69) is 5.32 Å². The van der Waals surface area contributed by atoms with Gasteiger partial charge in [-0.1, -0.05) is 13.8 Å². The second kappa shape index (κ2) is 5.12. The van der Waals surface area contributed by atoms with Crippen LogP contribution in [0.15, 0.2) is 24.3 Å². The summed E-state index contributed by atoms with van der Waals surface area (Å²) in [7, 11) is 0. The predicted molar refractivity (Wildman–Crippen MR) is 60.4 cm³/mol. The Morgan fingerprint density at radius 1 is 1.20 bits per heavy atom. The third-order valence-electron chi connectivity index (χ3n) is 2.91. The zero-order valence-electron chi connectivity index (χ0n) is 9.26. The van der Waals surface area contributed by atoms with Gasteiger partial charge in [0.2, 0.25) is 0 Å². The SMILES string of the molecule is CCC(CC)(CO)Nc1ccc(F)cc1. The van der Waals surface area contributed by atoms with Crippen LogP contribution in [-0.2, 0) is 0 Å². The zero-order chi connectivity index (χ0) is 11.3. The van der Waals surface area contributed by atoms with Gasteiger partial charge in [-0.25, -0.2) is 4.39 Å². The third-order valence-corrected chi connectivity index (χ3v) is 2.91. The maximum Gasteiger partial charge on any atom is 0.123 e. The molecule has 0 spiro atoms. The molecular weight excluding hydrogens is 193 g/mol. The summed E-state index contributed by atoms with van der Waals surface area (Å²) >= 11 is 0. The van der Waals surface area contributed by atoms with Gasteiger partial charge in [-0.15, -0.1) is 0 Å². The summed E-state index contributed by atoms with van der Waals surface area (Å²) in [5, 5.41) is 12.6. The lowest BCUT2D eigenvalue weighted by atomic mass is 9.93. The first kappa shape index (κ1) is 12.0. The number of aliphatic hydroxyl groups excluding tert-OH is 1. The number of rotatable bonds is 5. The van der Waals surface area contributed by atoms with Gasteiger partial charge in [0.15, 0.2) is 0 Å². The molecule has 1 aromatic carbocycles. The summed E-state index contributed by atoms with van der Waals surface area (Å²) in [6, 6.07) is 6.20. The van der Waals surface area contributed by atoms with Crippen LogP contribution >= 0.6 is 0 Å². The molecule has 2 N–H and O–H groups in total. The van der Waals surface area contributed by atoms with E-state index in [-0.39, 0.29) is 18.0 Å². The number of hydrogen-bond acceptors (Lipinski definition) is 2. The second-order valence-corrected chi connectivity index (χ2v) is 3.78. The van der Waals surface area contributed by atoms with Crippen LogP contribution in [0.2, 0.25) is 0 Å². The minimum atomic E-state index is -0.294. The molecule has 0 aliphatic carbocycles. The van der Waals surface area contributed by atoms with Crippen molar-refractivity contribution in [2.45, 2.75) is 32.2 Å². The van der Waals surface area contributed by atoms with E-state index in [1.165, 1.54) is 12.1 Å². The first-order valence-corrected chi connectivity index (χ1v) is 5.30. The minimum Gasteiger partial charge on any atom is -0.394 e. The minimum absolute atomic E-state index is 0.0807. The summed E-state index contributed by atoms with van der Waals surface area (Å²) in [5.74, 6) is -0.247. The van der Waals surface area contributed by atoms with Gasteiger partial charge in [0.1, 0.15) is 5.82 Å². The van der Waals surface area contributed by atoms with Gasteiger partial charge >= 0.3 is 0 Å². The van der Waals surface area contributed by atoms with Crippen LogP contribution < -0.4 is 5.32 Å². The predicted octanol–water partition coefficient (Wildman–Crippen LogP) is 2.79. The molecule has 0 aromatic heterocycles. The van der Waals surface area contributed by atoms with Crippen molar-refractivity contribution in [2.24, 2.45) is 0 Å². The fourth-order valence-corrected chi connectivity index (χ4v) is 1.53. The smallest absolute Gasteiger partial charge is 0.123 e. The number of nitrogens with one attached hydrogen (secondary N) is 1. The molecule has 0 fully saturated rings. The van der Waals surface area contributed by atoms with E-state index < -0.39 is 0 Å². The Labute approximate surface area is 90.1 Å². The van der Waals surface area contributed by atoms with Crippen molar-refractivity contribution in [3.05, 3.63) is 30.1 Å². The fraction of sp³-hybridized carbons (Fsp3) is 0.500. The van der Waals surface area contributed by atoms with E-state index in [1.54, 1.807) is 12.1 Å². The van der Waals surface area contributed by atoms with Crippen molar-refractivity contribution in [3.63, 3.8) is 0 Å². The van der Waals surface area contributed by atoms with E-state index in [1.807, 2.05) is 13.8 Å². The van der Waals surface area contributed by atoms with Crippen LogP contribution in [-0.4, -0.2) is 17.3 Å². The van der Waals surface area contributed by atoms with Crippen molar-refractivity contribution in [2.75, 3.05) is 11.9 Å². The number of aliphatic hydroxyl groups is 1. The van der Waals surface area contributed by atoms with Crippen LogP contribution in [0.1, 0.15) is 26.7 Å². The van der Waals surface area contributed by atoms with Crippen LogP contribution in [0.5, 0.6) is 0 Å². The van der Waals surface area contributed by atoms with Crippen molar-refractivity contribution in [1.82, 2.24) is 0 Å². The van der Waals surface area contributed by atoms with E-state index in [9.17, 15) is 9.50 Å². The van der Waals surface area contributed by atoms with Gasteiger partial charge in [-0.05, 0) is 37.1 Å². The molecule has 0 radical (unpaired) electrons. The molecule has 1 aromatic rings. The summed E-state index contributed by atoms with van der Waals surface area (Å²) in [6.07, 6.45) is 1.66. The average Bonchev–Trinajstić information content (AvgIpc) is 2.29. The molecule has 0 aliphatic heterocycles. The largest absolute Gasteiger partial charge is 0.394 e. The Kier molecular flexibility index (Phi) is 4.09. The van der Waals surface area contributed by atoms with E-state index in [0.29, 0.717) is 0 Å². The molecule has 1 rings (SSSR count). The molecule has 0 saturated heterocycles. The van der Waals surface area contributed by atoms with Crippen LogP contribution in [0.25, 0.3) is 0 Å². The number of halogens is 1. The number of benzene rings is 1. The van der Waals surface area contributed by atoms with Gasteiger partial charge in [0.25, 0.3) is 0 Å². The van der Waals surface area contributed by atoms with Crippen LogP contribution in [0.4, 0.5) is 10.1 Å². The van der Waals surface area contributed by atoms with Crippen LogP contribution in [0, 0.1) is 5.82 Å². The molecule has 0 aliphatic rings. The molecule has 2 nitrogen and oxygen atoms in total. The summed E-state index contributed by atoms with van der Waals surface area (Å²) in [5.41, 5.74) is 0.548. The zero-order valence-corrected chi connectivity index (χ0v) is 9.26. The average molecular weight is 211 g/mol. The maximum atomic E-state index is 12.7. The highest BCUT2D eigenvalue weighted by atomic mass is 19.1. The lowest BCUT2D eigenvalue weighted by Crippen LogP contribution is -2.40. The highest BCUT2D eigenvalue weighted by Gasteiger charge is 2.24. The summed E-state index contributed by atoms with van der Waals surface area (Å²) in [4.78, 5) is 0. The standard InChI is InChI=1S/C12H18FNO/c1-3-12(4-2,9-15)14-11-7-5-10(13)6-8-11/h5-8,14-15H,3-4,9H2,1-2H3. The Bertz CT molecular complexity index is 285. The Morgan fingerprint density at radius 2 is 1.73 bits per heavy atom. The molecule has 15 heavy (non-hydrogen) atoms. The van der Waals surface area contributed by atoms with Crippen molar-refractivity contribution >= 4 is 5.69 Å². The first-order chi connectivity index (χ1) is 7.15. The summed E-state index contributed by atoms with van der Waals surface area (Å²) < 4.78 is 12.7. The van der Waals surface area contributed by atoms with Crippen molar-refractivity contribution in [1.29, 1.82) is 0 Å².